The van der Waals surface area contributed by atoms with Gasteiger partial charge in [0.15, 0.2) is 0 Å². The molecule has 9 heteroatoms. The van der Waals surface area contributed by atoms with Crippen molar-refractivity contribution in [1.82, 2.24) is 18.5 Å². The van der Waals surface area contributed by atoms with E-state index >= 15 is 0 Å². The number of aliphatic carboxylic acids is 1. The zero-order valence-electron chi connectivity index (χ0n) is 7.90. The molecular weight excluding hydrogens is 201 g/mol. The molecule has 1 rings (SSSR count). The molecule has 8 nitrogen and oxygen atoms in total. The van der Waals surface area contributed by atoms with Gasteiger partial charge in [-0.05, 0) is 12.8 Å². The third-order valence-electron chi connectivity index (χ3n) is 1.63. The van der Waals surface area contributed by atoms with Gasteiger partial charge in [0.2, 0.25) is 0 Å². The van der Waals surface area contributed by atoms with E-state index in [4.69, 9.17) is 0 Å². The van der Waals surface area contributed by atoms with E-state index in [9.17, 15) is 24.3 Å². The minimum Gasteiger partial charge on any atom is -0.810 e. The first-order valence-corrected chi connectivity index (χ1v) is 4.18. The van der Waals surface area contributed by atoms with E-state index in [2.05, 4.69) is 0 Å². The monoisotopic (exact) mass is 217 g/mol. The van der Waals surface area contributed by atoms with Gasteiger partial charge in [-0.15, -0.1) is 0 Å². The van der Waals surface area contributed by atoms with E-state index < -0.39 is 18.7 Å². The Morgan fingerprint density at radius 1 is 1.15 bits per heavy atom. The predicted molar refractivity (Wildman–Crippen MR) is 42.5 cm³/mol. The number of hydrogen-bond acceptors (Lipinski definition) is 5. The highest BCUT2D eigenvalue weighted by Crippen LogP contribution is 2.59. The summed E-state index contributed by atoms with van der Waals surface area (Å²) < 4.78 is 10.2. The molecule has 0 saturated heterocycles. The van der Waals surface area contributed by atoms with Crippen molar-refractivity contribution >= 4 is 13.6 Å². The van der Waals surface area contributed by atoms with Crippen LogP contribution < -0.4 is 33.3 Å². The molecule has 0 spiro atoms. The van der Waals surface area contributed by atoms with Crippen LogP contribution in [0, 0.1) is 0 Å². The fourth-order valence-corrected chi connectivity index (χ4v) is 1.59. The highest BCUT2D eigenvalue weighted by Gasteiger charge is 2.47. The Bertz CT molecular complexity index is 222. The van der Waals surface area contributed by atoms with Crippen LogP contribution in [0.1, 0.15) is 12.8 Å². The van der Waals surface area contributed by atoms with Crippen molar-refractivity contribution in [2.45, 2.75) is 18.0 Å². The summed E-state index contributed by atoms with van der Waals surface area (Å²) >= 11 is 0. The molecular formula is C4H16N3O5P. The summed E-state index contributed by atoms with van der Waals surface area (Å²) in [5.74, 6) is -1.76. The summed E-state index contributed by atoms with van der Waals surface area (Å²) in [6, 6.07) is 0. The van der Waals surface area contributed by atoms with Gasteiger partial charge >= 0.3 is 0 Å². The van der Waals surface area contributed by atoms with Crippen molar-refractivity contribution in [3.8, 4) is 0 Å². The average Bonchev–Trinajstić information content (AvgIpc) is 2.36. The number of carboxylic acids is 1. The second kappa shape index (κ2) is 4.66. The Kier molecular flexibility index (Phi) is 6.56. The fraction of sp³-hybridized carbons (Fsp3) is 0.750. The SMILES string of the molecule is O=C([O-])C1(P(=O)([O-])[O-])CC1.[NH4+].[NH4+].[NH4+]. The van der Waals surface area contributed by atoms with Crippen LogP contribution in [-0.2, 0) is 9.36 Å². The van der Waals surface area contributed by atoms with E-state index in [-0.39, 0.29) is 31.3 Å². The Balaban J connectivity index is -0.000000333. The van der Waals surface area contributed by atoms with Crippen molar-refractivity contribution in [2.24, 2.45) is 0 Å². The van der Waals surface area contributed by atoms with Crippen LogP contribution in [0.2, 0.25) is 0 Å². The molecule has 0 aromatic carbocycles. The third-order valence-corrected chi connectivity index (χ3v) is 3.31. The van der Waals surface area contributed by atoms with Gasteiger partial charge in [0.1, 0.15) is 0 Å². The molecule has 0 amide bonds. The van der Waals surface area contributed by atoms with Crippen LogP contribution >= 0.6 is 7.60 Å². The zero-order valence-corrected chi connectivity index (χ0v) is 8.80. The number of quaternary nitrogens is 3. The largest absolute Gasteiger partial charge is 0.810 e. The maximum absolute atomic E-state index is 10.2. The van der Waals surface area contributed by atoms with Gasteiger partial charge in [0.25, 0.3) is 0 Å². The molecule has 0 atom stereocenters. The van der Waals surface area contributed by atoms with Gasteiger partial charge in [-0.25, -0.2) is 0 Å². The Labute approximate surface area is 75.2 Å². The first-order valence-electron chi connectivity index (χ1n) is 2.64. The minimum absolute atomic E-state index is 0. The summed E-state index contributed by atoms with van der Waals surface area (Å²) in [7, 11) is -4.98. The second-order valence-electron chi connectivity index (χ2n) is 2.32. The third kappa shape index (κ3) is 2.73. The van der Waals surface area contributed by atoms with Crippen molar-refractivity contribution in [2.75, 3.05) is 0 Å². The van der Waals surface area contributed by atoms with Crippen LogP contribution in [0.5, 0.6) is 0 Å². The number of carboxylic acid groups (broad SMARTS) is 1. The summed E-state index contributed by atoms with van der Waals surface area (Å²) in [6.45, 7) is 0. The van der Waals surface area contributed by atoms with Crippen LogP contribution in [0.25, 0.3) is 0 Å². The quantitative estimate of drug-likeness (QED) is 0.460. The lowest BCUT2D eigenvalue weighted by atomic mass is 10.4. The van der Waals surface area contributed by atoms with E-state index in [1.807, 2.05) is 0 Å². The molecule has 1 saturated carbocycles. The van der Waals surface area contributed by atoms with Crippen LogP contribution in [0.4, 0.5) is 0 Å². The maximum Gasteiger partial charge on any atom is 0.0526 e. The van der Waals surface area contributed by atoms with E-state index in [1.165, 1.54) is 0 Å². The molecule has 0 heterocycles. The number of carbonyl (C=O) groups excluding carboxylic acids is 1. The van der Waals surface area contributed by atoms with Gasteiger partial charge in [-0.1, -0.05) is 7.60 Å². The van der Waals surface area contributed by atoms with Crippen molar-refractivity contribution in [1.29, 1.82) is 0 Å². The molecule has 13 heavy (non-hydrogen) atoms. The lowest BCUT2D eigenvalue weighted by Crippen LogP contribution is -2.43. The lowest BCUT2D eigenvalue weighted by molar-refractivity contribution is -0.330. The molecule has 1 aliphatic rings. The Morgan fingerprint density at radius 2 is 1.46 bits per heavy atom. The lowest BCUT2D eigenvalue weighted by Gasteiger charge is -2.39. The number of hydrogen-bond donors (Lipinski definition) is 3. The molecule has 0 aromatic rings. The van der Waals surface area contributed by atoms with Crippen LogP contribution in [0.15, 0.2) is 0 Å². The van der Waals surface area contributed by atoms with Gasteiger partial charge in [0, 0.05) is 5.16 Å². The summed E-state index contributed by atoms with van der Waals surface area (Å²) in [6.07, 6.45) is -0.195. The molecule has 0 unspecified atom stereocenters. The molecule has 0 aliphatic heterocycles. The van der Waals surface area contributed by atoms with Crippen LogP contribution in [-0.4, -0.2) is 11.1 Å². The van der Waals surface area contributed by atoms with Crippen LogP contribution in [0.3, 0.4) is 0 Å². The molecule has 0 radical (unpaired) electrons. The Hall–Kier alpha value is -0.500. The van der Waals surface area contributed by atoms with E-state index in [1.54, 1.807) is 0 Å². The highest BCUT2D eigenvalue weighted by atomic mass is 31.2. The van der Waals surface area contributed by atoms with Gasteiger partial charge < -0.3 is 42.7 Å². The fourth-order valence-electron chi connectivity index (χ4n) is 0.708. The highest BCUT2D eigenvalue weighted by molar-refractivity contribution is 7.52. The van der Waals surface area contributed by atoms with E-state index in [0.717, 1.165) is 0 Å². The van der Waals surface area contributed by atoms with Crippen molar-refractivity contribution in [3.05, 3.63) is 0 Å². The Morgan fingerprint density at radius 3 is 1.46 bits per heavy atom. The molecule has 1 fully saturated rings. The van der Waals surface area contributed by atoms with Gasteiger partial charge in [-0.2, -0.15) is 0 Å². The first kappa shape index (κ1) is 18.3. The second-order valence-corrected chi connectivity index (χ2v) is 4.17. The normalized spacial score (nSPS) is 17.1. The summed E-state index contributed by atoms with van der Waals surface area (Å²) in [4.78, 5) is 30.5. The minimum atomic E-state index is -4.98. The van der Waals surface area contributed by atoms with Gasteiger partial charge in [-0.3, -0.25) is 0 Å². The predicted octanol–water partition coefficient (Wildman–Crippen LogP) is -1.69. The summed E-state index contributed by atoms with van der Waals surface area (Å²) in [5, 5.41) is 7.98. The summed E-state index contributed by atoms with van der Waals surface area (Å²) in [5.41, 5.74) is 0. The maximum atomic E-state index is 10.2. The number of carbonyl (C=O) groups is 1. The standard InChI is InChI=1S/C4H7O5P.3H3N/c5-3(6)4(1-2-4)10(7,8)9;;;/h1-2H2,(H,5,6)(H2,7,8,9);3*1H3. The number of rotatable bonds is 2. The van der Waals surface area contributed by atoms with E-state index in [0.29, 0.717) is 0 Å². The zero-order chi connectivity index (χ0) is 7.99. The topological polar surface area (TPSA) is 213 Å². The first-order chi connectivity index (χ1) is 4.40. The molecule has 12 N–H and O–H groups in total. The molecule has 82 valence electrons. The molecule has 0 aromatic heterocycles. The van der Waals surface area contributed by atoms with Crippen molar-refractivity contribution in [3.63, 3.8) is 0 Å². The smallest absolute Gasteiger partial charge is 0.0526 e. The molecule has 1 aliphatic carbocycles. The molecule has 0 bridgehead atoms. The van der Waals surface area contributed by atoms with Gasteiger partial charge in [0.05, 0.1) is 5.97 Å². The van der Waals surface area contributed by atoms with Crippen molar-refractivity contribution < 1.29 is 24.3 Å². The average molecular weight is 217 g/mol.